The Morgan fingerprint density at radius 3 is 2.67 bits per heavy atom. The van der Waals surface area contributed by atoms with E-state index in [0.29, 0.717) is 24.3 Å². The Bertz CT molecular complexity index is 505. The summed E-state index contributed by atoms with van der Waals surface area (Å²) in [5.41, 5.74) is 6.32. The summed E-state index contributed by atoms with van der Waals surface area (Å²) in [6.45, 7) is 4.70. The predicted octanol–water partition coefficient (Wildman–Crippen LogP) is 1.88. The van der Waals surface area contributed by atoms with E-state index in [1.54, 1.807) is 0 Å². The molecule has 0 aliphatic carbocycles. The Morgan fingerprint density at radius 2 is 2.14 bits per heavy atom. The maximum Gasteiger partial charge on any atom is 0.292 e. The molecule has 7 heteroatoms. The van der Waals surface area contributed by atoms with Crippen LogP contribution in [0.4, 0.5) is 11.4 Å². The van der Waals surface area contributed by atoms with Gasteiger partial charge in [-0.15, -0.1) is 0 Å². The molecule has 1 aromatic rings. The van der Waals surface area contributed by atoms with Gasteiger partial charge in [-0.25, -0.2) is 0 Å². The summed E-state index contributed by atoms with van der Waals surface area (Å²) in [6, 6.07) is 4.23. The van der Waals surface area contributed by atoms with Crippen molar-refractivity contribution in [2.75, 3.05) is 18.4 Å². The summed E-state index contributed by atoms with van der Waals surface area (Å²) in [4.78, 5) is 22.4. The molecule has 0 radical (unpaired) electrons. The van der Waals surface area contributed by atoms with Crippen LogP contribution in [0.5, 0.6) is 0 Å². The van der Waals surface area contributed by atoms with Crippen LogP contribution in [0.3, 0.4) is 0 Å². The van der Waals surface area contributed by atoms with Crippen molar-refractivity contribution in [3.05, 3.63) is 33.9 Å². The molecule has 0 aliphatic rings. The number of anilines is 1. The van der Waals surface area contributed by atoms with Crippen molar-refractivity contribution in [1.29, 1.82) is 0 Å². The van der Waals surface area contributed by atoms with Gasteiger partial charge in [-0.1, -0.05) is 13.3 Å². The number of nitro groups is 1. The first-order valence-electron chi connectivity index (χ1n) is 7.06. The van der Waals surface area contributed by atoms with Gasteiger partial charge in [0.15, 0.2) is 0 Å². The van der Waals surface area contributed by atoms with Gasteiger partial charge in [0.2, 0.25) is 0 Å². The average molecular weight is 294 g/mol. The van der Waals surface area contributed by atoms with Gasteiger partial charge in [-0.3, -0.25) is 14.9 Å². The summed E-state index contributed by atoms with van der Waals surface area (Å²) in [6.07, 6.45) is 1.72. The second-order valence-electron chi connectivity index (χ2n) is 4.71. The Kier molecular flexibility index (Phi) is 6.61. The second-order valence-corrected chi connectivity index (χ2v) is 4.71. The topological polar surface area (TPSA) is 110 Å². The van der Waals surface area contributed by atoms with Gasteiger partial charge in [0.25, 0.3) is 11.6 Å². The molecule has 116 valence electrons. The van der Waals surface area contributed by atoms with Gasteiger partial charge in [0, 0.05) is 30.8 Å². The molecular weight excluding hydrogens is 272 g/mol. The average Bonchev–Trinajstić information content (AvgIpc) is 2.46. The fourth-order valence-corrected chi connectivity index (χ4v) is 2.03. The van der Waals surface area contributed by atoms with Crippen LogP contribution < -0.4 is 16.4 Å². The summed E-state index contributed by atoms with van der Waals surface area (Å²) >= 11 is 0. The molecule has 0 aliphatic heterocycles. The smallest absolute Gasteiger partial charge is 0.292 e. The SMILES string of the molecule is CCCC(CN)Nc1cc(C(=O)NCC)ccc1[N+](=O)[O-]. The minimum absolute atomic E-state index is 0.0572. The monoisotopic (exact) mass is 294 g/mol. The first kappa shape index (κ1) is 16.9. The lowest BCUT2D eigenvalue weighted by Crippen LogP contribution is -2.29. The molecule has 0 spiro atoms. The van der Waals surface area contributed by atoms with E-state index in [2.05, 4.69) is 10.6 Å². The molecule has 0 bridgehead atoms. The van der Waals surface area contributed by atoms with Crippen molar-refractivity contribution in [2.45, 2.75) is 32.7 Å². The first-order valence-corrected chi connectivity index (χ1v) is 7.06. The number of hydrogen-bond donors (Lipinski definition) is 3. The zero-order valence-corrected chi connectivity index (χ0v) is 12.4. The van der Waals surface area contributed by atoms with Gasteiger partial charge in [0.05, 0.1) is 4.92 Å². The summed E-state index contributed by atoms with van der Waals surface area (Å²) in [5, 5.41) is 16.8. The molecule has 0 fully saturated rings. The molecule has 1 atom stereocenters. The molecular formula is C14H22N4O3. The lowest BCUT2D eigenvalue weighted by molar-refractivity contribution is -0.384. The molecule has 21 heavy (non-hydrogen) atoms. The van der Waals surface area contributed by atoms with Gasteiger partial charge >= 0.3 is 0 Å². The lowest BCUT2D eigenvalue weighted by atomic mass is 10.1. The maximum atomic E-state index is 11.8. The van der Waals surface area contributed by atoms with Crippen molar-refractivity contribution in [3.63, 3.8) is 0 Å². The van der Waals surface area contributed by atoms with Crippen LogP contribution in [0.25, 0.3) is 0 Å². The minimum atomic E-state index is -0.469. The van der Waals surface area contributed by atoms with Crippen LogP contribution in [0, 0.1) is 10.1 Å². The summed E-state index contributed by atoms with van der Waals surface area (Å²) < 4.78 is 0. The Labute approximate surface area is 124 Å². The Hall–Kier alpha value is -2.15. The van der Waals surface area contributed by atoms with Gasteiger partial charge < -0.3 is 16.4 Å². The highest BCUT2D eigenvalue weighted by molar-refractivity contribution is 5.95. The van der Waals surface area contributed by atoms with Crippen molar-refractivity contribution < 1.29 is 9.72 Å². The first-order chi connectivity index (χ1) is 10.0. The van der Waals surface area contributed by atoms with Crippen LogP contribution in [0.2, 0.25) is 0 Å². The van der Waals surface area contributed by atoms with E-state index in [9.17, 15) is 14.9 Å². The Morgan fingerprint density at radius 1 is 1.43 bits per heavy atom. The molecule has 1 unspecified atom stereocenters. The van der Waals surface area contributed by atoms with Crippen molar-refractivity contribution >= 4 is 17.3 Å². The number of nitro benzene ring substituents is 1. The molecule has 0 aromatic heterocycles. The molecule has 0 saturated heterocycles. The number of hydrogen-bond acceptors (Lipinski definition) is 5. The lowest BCUT2D eigenvalue weighted by Gasteiger charge is -2.17. The van der Waals surface area contributed by atoms with E-state index in [1.165, 1.54) is 18.2 Å². The van der Waals surface area contributed by atoms with Crippen molar-refractivity contribution in [1.82, 2.24) is 5.32 Å². The van der Waals surface area contributed by atoms with E-state index in [4.69, 9.17) is 5.73 Å². The van der Waals surface area contributed by atoms with Gasteiger partial charge in [-0.2, -0.15) is 0 Å². The Balaban J connectivity index is 3.09. The number of carbonyl (C=O) groups excluding carboxylic acids is 1. The molecule has 1 aromatic carbocycles. The highest BCUT2D eigenvalue weighted by Crippen LogP contribution is 2.26. The number of amides is 1. The third kappa shape index (κ3) is 4.71. The largest absolute Gasteiger partial charge is 0.375 e. The number of benzene rings is 1. The van der Waals surface area contributed by atoms with Crippen LogP contribution in [-0.4, -0.2) is 30.0 Å². The maximum absolute atomic E-state index is 11.8. The third-order valence-electron chi connectivity index (χ3n) is 3.07. The second kappa shape index (κ2) is 8.21. The van der Waals surface area contributed by atoms with E-state index in [-0.39, 0.29) is 17.6 Å². The van der Waals surface area contributed by atoms with E-state index >= 15 is 0 Å². The summed E-state index contributed by atoms with van der Waals surface area (Å²) in [7, 11) is 0. The molecule has 0 heterocycles. The number of nitrogens with zero attached hydrogens (tertiary/aromatic N) is 1. The predicted molar refractivity (Wildman–Crippen MR) is 82.5 cm³/mol. The fraction of sp³-hybridized carbons (Fsp3) is 0.500. The standard InChI is InChI=1S/C14H22N4O3/c1-3-5-11(9-15)17-12-8-10(14(19)16-4-2)6-7-13(12)18(20)21/h6-8,11,17H,3-5,9,15H2,1-2H3,(H,16,19). The number of rotatable bonds is 8. The van der Waals surface area contributed by atoms with E-state index < -0.39 is 4.92 Å². The number of carbonyl (C=O) groups is 1. The van der Waals surface area contributed by atoms with Crippen molar-refractivity contribution in [2.24, 2.45) is 5.73 Å². The molecule has 7 nitrogen and oxygen atoms in total. The zero-order chi connectivity index (χ0) is 15.8. The zero-order valence-electron chi connectivity index (χ0n) is 12.4. The van der Waals surface area contributed by atoms with Crippen LogP contribution in [0.1, 0.15) is 37.0 Å². The third-order valence-corrected chi connectivity index (χ3v) is 3.07. The number of nitrogens with one attached hydrogen (secondary N) is 2. The van der Waals surface area contributed by atoms with E-state index in [1.807, 2.05) is 13.8 Å². The quantitative estimate of drug-likeness (QED) is 0.501. The van der Waals surface area contributed by atoms with Crippen molar-refractivity contribution in [3.8, 4) is 0 Å². The fourth-order valence-electron chi connectivity index (χ4n) is 2.03. The molecule has 1 rings (SSSR count). The normalized spacial score (nSPS) is 11.8. The molecule has 1 amide bonds. The summed E-state index contributed by atoms with van der Waals surface area (Å²) in [5.74, 6) is -0.254. The minimum Gasteiger partial charge on any atom is -0.375 e. The van der Waals surface area contributed by atoms with Gasteiger partial charge in [-0.05, 0) is 25.5 Å². The van der Waals surface area contributed by atoms with Crippen LogP contribution in [0.15, 0.2) is 18.2 Å². The number of nitrogens with two attached hydrogens (primary N) is 1. The van der Waals surface area contributed by atoms with Crippen LogP contribution in [-0.2, 0) is 0 Å². The van der Waals surface area contributed by atoms with E-state index in [0.717, 1.165) is 12.8 Å². The highest BCUT2D eigenvalue weighted by atomic mass is 16.6. The molecule has 4 N–H and O–H groups in total. The van der Waals surface area contributed by atoms with Gasteiger partial charge in [0.1, 0.15) is 5.69 Å². The molecule has 0 saturated carbocycles. The highest BCUT2D eigenvalue weighted by Gasteiger charge is 2.18. The van der Waals surface area contributed by atoms with Crippen LogP contribution >= 0.6 is 0 Å².